The first-order chi connectivity index (χ1) is 14.5. The molecule has 0 unspecified atom stereocenters. The molecular weight excluding hydrogens is 450 g/mol. The zero-order valence-electron chi connectivity index (χ0n) is 17.2. The van der Waals surface area contributed by atoms with Gasteiger partial charge in [-0.05, 0) is 31.0 Å². The number of nitrogens with one attached hydrogen (secondary N) is 1. The molecule has 3 aromatic rings. The first-order valence-electron chi connectivity index (χ1n) is 9.57. The third-order valence-electron chi connectivity index (χ3n) is 4.61. The van der Waals surface area contributed by atoms with E-state index >= 15 is 0 Å². The van der Waals surface area contributed by atoms with Crippen molar-refractivity contribution in [2.75, 3.05) is 20.8 Å². The summed E-state index contributed by atoms with van der Waals surface area (Å²) in [5, 5.41) is 6.91. The zero-order valence-corrected chi connectivity index (χ0v) is 18.8. The van der Waals surface area contributed by atoms with Crippen LogP contribution < -0.4 is 14.8 Å². The number of hydrogen-bond acceptors (Lipinski definition) is 6. The van der Waals surface area contributed by atoms with Crippen LogP contribution in [-0.2, 0) is 17.6 Å². The highest BCUT2D eigenvalue weighted by Crippen LogP contribution is 2.33. The highest BCUT2D eigenvalue weighted by molar-refractivity contribution is 9.10. The van der Waals surface area contributed by atoms with Gasteiger partial charge in [0.1, 0.15) is 0 Å². The van der Waals surface area contributed by atoms with E-state index in [1.165, 1.54) is 5.56 Å². The Balaban J connectivity index is 1.47. The van der Waals surface area contributed by atoms with Gasteiger partial charge >= 0.3 is 0 Å². The molecule has 0 fully saturated rings. The number of aromatic nitrogens is 2. The van der Waals surface area contributed by atoms with Gasteiger partial charge in [0.2, 0.25) is 17.6 Å². The van der Waals surface area contributed by atoms with Crippen LogP contribution in [0.25, 0.3) is 11.4 Å². The molecule has 0 saturated heterocycles. The van der Waals surface area contributed by atoms with Crippen molar-refractivity contribution in [2.24, 2.45) is 0 Å². The Morgan fingerprint density at radius 2 is 1.80 bits per heavy atom. The fourth-order valence-corrected chi connectivity index (χ4v) is 3.43. The number of carbonyl (C=O) groups is 1. The number of benzene rings is 2. The summed E-state index contributed by atoms with van der Waals surface area (Å²) in [7, 11) is 3.19. The fraction of sp³-hybridized carbons (Fsp3) is 0.318. The molecule has 158 valence electrons. The molecule has 1 aromatic heterocycles. The minimum absolute atomic E-state index is 0.0679. The monoisotopic (exact) mass is 473 g/mol. The van der Waals surface area contributed by atoms with Crippen LogP contribution in [0, 0.1) is 6.92 Å². The highest BCUT2D eigenvalue weighted by Gasteiger charge is 2.12. The average Bonchev–Trinajstić information content (AvgIpc) is 3.22. The van der Waals surface area contributed by atoms with Gasteiger partial charge in [-0.3, -0.25) is 4.79 Å². The second-order valence-corrected chi connectivity index (χ2v) is 7.63. The molecule has 0 spiro atoms. The van der Waals surface area contributed by atoms with Crippen LogP contribution in [0.15, 0.2) is 45.4 Å². The van der Waals surface area contributed by atoms with Crippen molar-refractivity contribution in [2.45, 2.75) is 26.2 Å². The Labute approximate surface area is 183 Å². The maximum atomic E-state index is 12.2. The number of carbonyl (C=O) groups excluding carboxylic acids is 1. The van der Waals surface area contributed by atoms with Crippen molar-refractivity contribution in [3.05, 3.63) is 57.9 Å². The van der Waals surface area contributed by atoms with E-state index in [-0.39, 0.29) is 12.3 Å². The lowest BCUT2D eigenvalue weighted by Gasteiger charge is -2.12. The van der Waals surface area contributed by atoms with Gasteiger partial charge in [0.15, 0.2) is 11.5 Å². The lowest BCUT2D eigenvalue weighted by atomic mass is 10.1. The van der Waals surface area contributed by atoms with Crippen LogP contribution in [0.2, 0.25) is 0 Å². The molecule has 1 heterocycles. The van der Waals surface area contributed by atoms with E-state index in [1.54, 1.807) is 14.2 Å². The molecule has 8 heteroatoms. The topological polar surface area (TPSA) is 86.5 Å². The SMILES string of the molecule is COc1cc(Br)c(CCNC(=O)CCc2nc(-c3ccc(C)cc3)no2)cc1OC. The second kappa shape index (κ2) is 10.2. The summed E-state index contributed by atoms with van der Waals surface area (Å²) in [4.78, 5) is 16.5. The Hall–Kier alpha value is -2.87. The fourth-order valence-electron chi connectivity index (χ4n) is 2.91. The molecule has 0 radical (unpaired) electrons. The van der Waals surface area contributed by atoms with Crippen molar-refractivity contribution in [3.8, 4) is 22.9 Å². The van der Waals surface area contributed by atoms with Crippen molar-refractivity contribution in [1.29, 1.82) is 0 Å². The second-order valence-electron chi connectivity index (χ2n) is 6.78. The van der Waals surface area contributed by atoms with Crippen LogP contribution in [0.1, 0.15) is 23.4 Å². The molecule has 1 amide bonds. The Morgan fingerprint density at radius 1 is 1.10 bits per heavy atom. The third-order valence-corrected chi connectivity index (χ3v) is 5.35. The van der Waals surface area contributed by atoms with E-state index in [4.69, 9.17) is 14.0 Å². The number of aryl methyl sites for hydroxylation is 2. The van der Waals surface area contributed by atoms with Crippen LogP contribution >= 0.6 is 15.9 Å². The number of amides is 1. The summed E-state index contributed by atoms with van der Waals surface area (Å²) in [6, 6.07) is 11.6. The molecule has 30 heavy (non-hydrogen) atoms. The summed E-state index contributed by atoms with van der Waals surface area (Å²) in [5.41, 5.74) is 3.08. The maximum Gasteiger partial charge on any atom is 0.227 e. The van der Waals surface area contributed by atoms with Gasteiger partial charge in [-0.15, -0.1) is 0 Å². The zero-order chi connectivity index (χ0) is 21.5. The van der Waals surface area contributed by atoms with Crippen molar-refractivity contribution in [1.82, 2.24) is 15.5 Å². The van der Waals surface area contributed by atoms with E-state index in [1.807, 2.05) is 43.3 Å². The van der Waals surface area contributed by atoms with E-state index in [0.717, 1.165) is 15.6 Å². The van der Waals surface area contributed by atoms with Gasteiger partial charge in [-0.25, -0.2) is 0 Å². The minimum atomic E-state index is -0.0679. The molecule has 0 saturated carbocycles. The predicted octanol–water partition coefficient (Wildman–Crippen LogP) is 4.12. The van der Waals surface area contributed by atoms with E-state index in [0.29, 0.717) is 42.6 Å². The number of methoxy groups -OCH3 is 2. The van der Waals surface area contributed by atoms with Gasteiger partial charge in [-0.1, -0.05) is 50.9 Å². The first-order valence-corrected chi connectivity index (χ1v) is 10.4. The number of rotatable bonds is 9. The molecule has 0 aliphatic heterocycles. The van der Waals surface area contributed by atoms with Crippen LogP contribution in [0.3, 0.4) is 0 Å². The van der Waals surface area contributed by atoms with Crippen LogP contribution in [0.5, 0.6) is 11.5 Å². The molecule has 0 aliphatic rings. The molecule has 0 aliphatic carbocycles. The largest absolute Gasteiger partial charge is 0.493 e. The average molecular weight is 474 g/mol. The van der Waals surface area contributed by atoms with E-state index < -0.39 is 0 Å². The van der Waals surface area contributed by atoms with E-state index in [9.17, 15) is 4.79 Å². The minimum Gasteiger partial charge on any atom is -0.493 e. The lowest BCUT2D eigenvalue weighted by Crippen LogP contribution is -2.26. The van der Waals surface area contributed by atoms with Gasteiger partial charge in [0, 0.05) is 29.4 Å². The summed E-state index contributed by atoms with van der Waals surface area (Å²) in [6.07, 6.45) is 1.33. The first kappa shape index (κ1) is 21.8. The highest BCUT2D eigenvalue weighted by atomic mass is 79.9. The Kier molecular flexibility index (Phi) is 7.46. The molecule has 7 nitrogen and oxygen atoms in total. The van der Waals surface area contributed by atoms with Crippen molar-refractivity contribution < 1.29 is 18.8 Å². The normalized spacial score (nSPS) is 10.7. The smallest absolute Gasteiger partial charge is 0.227 e. The maximum absolute atomic E-state index is 12.2. The van der Waals surface area contributed by atoms with Gasteiger partial charge in [0.05, 0.1) is 14.2 Å². The standard InChI is InChI=1S/C22H24BrN3O4/c1-14-4-6-15(7-5-14)22-25-21(30-26-22)9-8-20(27)24-11-10-16-12-18(28-2)19(29-3)13-17(16)23/h4-7,12-13H,8-11H2,1-3H3,(H,24,27). The van der Waals surface area contributed by atoms with Crippen molar-refractivity contribution in [3.63, 3.8) is 0 Å². The molecule has 3 rings (SSSR count). The summed E-state index contributed by atoms with van der Waals surface area (Å²) < 4.78 is 16.8. The number of ether oxygens (including phenoxy) is 2. The van der Waals surface area contributed by atoms with Crippen LogP contribution in [-0.4, -0.2) is 36.8 Å². The van der Waals surface area contributed by atoms with Crippen molar-refractivity contribution >= 4 is 21.8 Å². The molecular formula is C22H24BrN3O4. The lowest BCUT2D eigenvalue weighted by molar-refractivity contribution is -0.121. The quantitative estimate of drug-likeness (QED) is 0.502. The van der Waals surface area contributed by atoms with Gasteiger partial charge < -0.3 is 19.3 Å². The number of hydrogen-bond donors (Lipinski definition) is 1. The van der Waals surface area contributed by atoms with Gasteiger partial charge in [-0.2, -0.15) is 4.98 Å². The predicted molar refractivity (Wildman–Crippen MR) is 117 cm³/mol. The molecule has 0 atom stereocenters. The van der Waals surface area contributed by atoms with Crippen LogP contribution in [0.4, 0.5) is 0 Å². The number of halogens is 1. The number of nitrogens with zero attached hydrogens (tertiary/aromatic N) is 2. The van der Waals surface area contributed by atoms with Gasteiger partial charge in [0.25, 0.3) is 0 Å². The summed E-state index contributed by atoms with van der Waals surface area (Å²) >= 11 is 3.53. The summed E-state index contributed by atoms with van der Waals surface area (Å²) in [5.74, 6) is 2.22. The molecule has 2 aromatic carbocycles. The third kappa shape index (κ3) is 5.60. The molecule has 0 bridgehead atoms. The summed E-state index contributed by atoms with van der Waals surface area (Å²) in [6.45, 7) is 2.53. The Bertz CT molecular complexity index is 1000. The Morgan fingerprint density at radius 3 is 2.50 bits per heavy atom. The molecule has 1 N–H and O–H groups in total. The van der Waals surface area contributed by atoms with E-state index in [2.05, 4.69) is 31.4 Å².